The second kappa shape index (κ2) is 7.36. The van der Waals surface area contributed by atoms with Crippen LogP contribution in [0.2, 0.25) is 0 Å². The summed E-state index contributed by atoms with van der Waals surface area (Å²) >= 11 is 1.37. The highest BCUT2D eigenvalue weighted by molar-refractivity contribution is 8.18. The van der Waals surface area contributed by atoms with Gasteiger partial charge in [0.2, 0.25) is 0 Å². The predicted molar refractivity (Wildman–Crippen MR) is 104 cm³/mol. The number of nitrogen functional groups attached to an aromatic ring is 1. The van der Waals surface area contributed by atoms with E-state index in [1.807, 2.05) is 43.3 Å². The minimum absolute atomic E-state index is 0.0677. The average molecular weight is 350 g/mol. The lowest BCUT2D eigenvalue weighted by atomic mass is 10.1. The summed E-state index contributed by atoms with van der Waals surface area (Å²) in [7, 11) is 0. The van der Waals surface area contributed by atoms with Crippen molar-refractivity contribution in [2.24, 2.45) is 4.99 Å². The van der Waals surface area contributed by atoms with Crippen molar-refractivity contribution in [3.63, 3.8) is 0 Å². The molecule has 0 spiro atoms. The van der Waals surface area contributed by atoms with Gasteiger partial charge in [-0.05, 0) is 54.1 Å². The molecule has 126 valence electrons. The third-order valence-corrected chi connectivity index (χ3v) is 4.91. The van der Waals surface area contributed by atoms with Gasteiger partial charge in [0.25, 0.3) is 5.91 Å². The fraction of sp³-hybridized carbons (Fsp3) is 0.105. The minimum Gasteiger partial charge on any atom is -0.399 e. The number of allylic oxidation sites excluding steroid dienone is 1. The minimum atomic E-state index is -0.0677. The van der Waals surface area contributed by atoms with E-state index >= 15 is 0 Å². The van der Waals surface area contributed by atoms with Gasteiger partial charge in [-0.2, -0.15) is 0 Å². The third kappa shape index (κ3) is 3.64. The van der Waals surface area contributed by atoms with Gasteiger partial charge in [-0.3, -0.25) is 14.7 Å². The van der Waals surface area contributed by atoms with Crippen LogP contribution in [-0.2, 0) is 4.79 Å². The SMILES string of the molecule is C=CCN1C(=O)/C(=C(\C)c2ccc(N)cc2)SC1=Nc1cccnc1. The summed E-state index contributed by atoms with van der Waals surface area (Å²) in [5.41, 5.74) is 9.01. The van der Waals surface area contributed by atoms with Gasteiger partial charge in [0.1, 0.15) is 0 Å². The molecule has 1 aliphatic rings. The molecule has 2 aromatic rings. The van der Waals surface area contributed by atoms with E-state index < -0.39 is 0 Å². The smallest absolute Gasteiger partial charge is 0.267 e. The largest absolute Gasteiger partial charge is 0.399 e. The van der Waals surface area contributed by atoms with Gasteiger partial charge in [0.05, 0.1) is 16.8 Å². The number of amides is 1. The van der Waals surface area contributed by atoms with Crippen molar-refractivity contribution < 1.29 is 4.79 Å². The summed E-state index contributed by atoms with van der Waals surface area (Å²) in [6, 6.07) is 11.2. The van der Waals surface area contributed by atoms with Crippen molar-refractivity contribution >= 4 is 39.8 Å². The number of aromatic nitrogens is 1. The number of thioether (sulfide) groups is 1. The molecule has 0 radical (unpaired) electrons. The molecule has 0 bridgehead atoms. The summed E-state index contributed by atoms with van der Waals surface area (Å²) in [5.74, 6) is -0.0677. The van der Waals surface area contributed by atoms with Crippen molar-refractivity contribution in [3.8, 4) is 0 Å². The Morgan fingerprint density at radius 2 is 2.12 bits per heavy atom. The van der Waals surface area contributed by atoms with Gasteiger partial charge in [-0.15, -0.1) is 6.58 Å². The highest BCUT2D eigenvalue weighted by Gasteiger charge is 2.34. The summed E-state index contributed by atoms with van der Waals surface area (Å²) in [4.78, 5) is 23.8. The van der Waals surface area contributed by atoms with Crippen LogP contribution in [0, 0.1) is 0 Å². The number of rotatable bonds is 4. The first-order valence-corrected chi connectivity index (χ1v) is 8.58. The zero-order chi connectivity index (χ0) is 17.8. The second-order valence-electron chi connectivity index (χ2n) is 5.49. The van der Waals surface area contributed by atoms with Crippen molar-refractivity contribution in [2.75, 3.05) is 12.3 Å². The molecule has 1 fully saturated rings. The van der Waals surface area contributed by atoms with Crippen LogP contribution in [0.15, 0.2) is 71.3 Å². The number of benzene rings is 1. The number of anilines is 1. The van der Waals surface area contributed by atoms with Gasteiger partial charge < -0.3 is 5.73 Å². The topological polar surface area (TPSA) is 71.6 Å². The quantitative estimate of drug-likeness (QED) is 0.516. The van der Waals surface area contributed by atoms with Crippen LogP contribution in [0.4, 0.5) is 11.4 Å². The van der Waals surface area contributed by atoms with Crippen LogP contribution in [0.3, 0.4) is 0 Å². The van der Waals surface area contributed by atoms with Gasteiger partial charge in [0, 0.05) is 18.4 Å². The number of hydrogen-bond donors (Lipinski definition) is 1. The Balaban J connectivity index is 2.01. The number of nitrogens with two attached hydrogens (primary N) is 1. The molecule has 0 saturated carbocycles. The predicted octanol–water partition coefficient (Wildman–Crippen LogP) is 3.84. The standard InChI is InChI=1S/C19H18N4OS/c1-3-11-23-18(24)17(13(2)14-6-8-15(20)9-7-14)25-19(23)22-16-5-4-10-21-12-16/h3-10,12H,1,11,20H2,2H3/b17-13-,22-19?. The number of pyridine rings is 1. The van der Waals surface area contributed by atoms with Crippen LogP contribution >= 0.6 is 11.8 Å². The number of aliphatic imine (C=N–C) groups is 1. The van der Waals surface area contributed by atoms with E-state index in [-0.39, 0.29) is 5.91 Å². The maximum Gasteiger partial charge on any atom is 0.267 e. The summed E-state index contributed by atoms with van der Waals surface area (Å²) < 4.78 is 0. The number of hydrogen-bond acceptors (Lipinski definition) is 5. The Hall–Kier alpha value is -2.86. The first-order chi connectivity index (χ1) is 12.1. The van der Waals surface area contributed by atoms with Crippen molar-refractivity contribution in [1.29, 1.82) is 0 Å². The third-order valence-electron chi connectivity index (χ3n) is 3.73. The molecule has 0 aliphatic carbocycles. The summed E-state index contributed by atoms with van der Waals surface area (Å²) in [6.45, 7) is 6.08. The molecular weight excluding hydrogens is 332 g/mol. The Labute approximate surface area is 151 Å². The van der Waals surface area contributed by atoms with Crippen molar-refractivity contribution in [3.05, 3.63) is 71.9 Å². The van der Waals surface area contributed by atoms with E-state index in [4.69, 9.17) is 5.73 Å². The molecular formula is C19H18N4OS. The lowest BCUT2D eigenvalue weighted by Crippen LogP contribution is -2.29. The molecule has 0 unspecified atom stereocenters. The molecule has 5 nitrogen and oxygen atoms in total. The first kappa shape index (κ1) is 17.0. The first-order valence-electron chi connectivity index (χ1n) is 7.76. The Morgan fingerprint density at radius 3 is 2.76 bits per heavy atom. The van der Waals surface area contributed by atoms with Crippen LogP contribution in [-0.4, -0.2) is 27.5 Å². The molecule has 1 aromatic heterocycles. The summed E-state index contributed by atoms with van der Waals surface area (Å²) in [6.07, 6.45) is 5.05. The van der Waals surface area contributed by atoms with E-state index in [9.17, 15) is 4.79 Å². The lowest BCUT2D eigenvalue weighted by molar-refractivity contribution is -0.121. The zero-order valence-corrected chi connectivity index (χ0v) is 14.7. The molecule has 0 atom stereocenters. The van der Waals surface area contributed by atoms with Crippen LogP contribution in [0.5, 0.6) is 0 Å². The van der Waals surface area contributed by atoms with Gasteiger partial charge in [-0.25, -0.2) is 4.99 Å². The number of carbonyl (C=O) groups is 1. The van der Waals surface area contributed by atoms with E-state index in [0.29, 0.717) is 28.0 Å². The maximum atomic E-state index is 12.9. The maximum absolute atomic E-state index is 12.9. The van der Waals surface area contributed by atoms with E-state index in [0.717, 1.165) is 11.1 Å². The molecule has 1 amide bonds. The Kier molecular flexibility index (Phi) is 5.00. The molecule has 25 heavy (non-hydrogen) atoms. The van der Waals surface area contributed by atoms with Crippen LogP contribution < -0.4 is 5.73 Å². The number of carbonyl (C=O) groups excluding carboxylic acids is 1. The van der Waals surface area contributed by atoms with E-state index in [1.165, 1.54) is 11.8 Å². The number of amidine groups is 1. The molecule has 2 heterocycles. The molecule has 1 aromatic carbocycles. The second-order valence-corrected chi connectivity index (χ2v) is 6.47. The van der Waals surface area contributed by atoms with Gasteiger partial charge in [-0.1, -0.05) is 18.2 Å². The van der Waals surface area contributed by atoms with Crippen LogP contribution in [0.1, 0.15) is 12.5 Å². The number of nitrogens with zero attached hydrogens (tertiary/aromatic N) is 3. The fourth-order valence-electron chi connectivity index (χ4n) is 2.40. The normalized spacial score (nSPS) is 17.9. The molecule has 3 rings (SSSR count). The van der Waals surface area contributed by atoms with Crippen LogP contribution in [0.25, 0.3) is 5.57 Å². The lowest BCUT2D eigenvalue weighted by Gasteiger charge is -2.12. The molecule has 2 N–H and O–H groups in total. The van der Waals surface area contributed by atoms with E-state index in [2.05, 4.69) is 16.6 Å². The molecule has 1 saturated heterocycles. The van der Waals surface area contributed by atoms with Crippen molar-refractivity contribution in [1.82, 2.24) is 9.88 Å². The summed E-state index contributed by atoms with van der Waals surface area (Å²) in [5, 5.41) is 0.627. The van der Waals surface area contributed by atoms with Crippen molar-refractivity contribution in [2.45, 2.75) is 6.92 Å². The van der Waals surface area contributed by atoms with Gasteiger partial charge >= 0.3 is 0 Å². The Bertz CT molecular complexity index is 857. The average Bonchev–Trinajstić information content (AvgIpc) is 2.92. The molecule has 6 heteroatoms. The zero-order valence-electron chi connectivity index (χ0n) is 13.8. The van der Waals surface area contributed by atoms with Gasteiger partial charge in [0.15, 0.2) is 5.17 Å². The van der Waals surface area contributed by atoms with E-state index in [1.54, 1.807) is 23.4 Å². The highest BCUT2D eigenvalue weighted by Crippen LogP contribution is 2.37. The Morgan fingerprint density at radius 1 is 1.36 bits per heavy atom. The fourth-order valence-corrected chi connectivity index (χ4v) is 3.47. The monoisotopic (exact) mass is 350 g/mol. The highest BCUT2D eigenvalue weighted by atomic mass is 32.2. The molecule has 1 aliphatic heterocycles.